The molecular formula is C18H12FN2O2Sb. The molecule has 1 aliphatic heterocycles. The molecule has 1 aliphatic rings. The molecule has 0 unspecified atom stereocenters. The second kappa shape index (κ2) is 6.62. The van der Waals surface area contributed by atoms with Gasteiger partial charge in [0.05, 0.1) is 11.0 Å². The molecule has 24 heavy (non-hydrogen) atoms. The van der Waals surface area contributed by atoms with Gasteiger partial charge in [0.25, 0.3) is 0 Å². The predicted molar refractivity (Wildman–Crippen MR) is 91.6 cm³/mol. The van der Waals surface area contributed by atoms with Crippen LogP contribution < -0.4 is 6.03 Å². The molecule has 118 valence electrons. The Balaban J connectivity index is 0.000000129. The van der Waals surface area contributed by atoms with Crippen LogP contribution in [-0.4, -0.2) is 31.6 Å². The van der Waals surface area contributed by atoms with Gasteiger partial charge in [-0.3, -0.25) is 9.97 Å². The molecule has 0 fully saturated rings. The second-order valence-electron chi connectivity index (χ2n) is 5.06. The van der Waals surface area contributed by atoms with Gasteiger partial charge in [0.1, 0.15) is 0 Å². The number of hydrogen-bond donors (Lipinski definition) is 0. The number of benzene rings is 2. The zero-order valence-electron chi connectivity index (χ0n) is 12.5. The second-order valence-corrected chi connectivity index (χ2v) is 7.31. The van der Waals surface area contributed by atoms with Crippen molar-refractivity contribution in [2.24, 2.45) is 0 Å². The fourth-order valence-electron chi connectivity index (χ4n) is 2.45. The Morgan fingerprint density at radius 3 is 1.67 bits per heavy atom. The van der Waals surface area contributed by atoms with Crippen LogP contribution in [0.25, 0.3) is 21.8 Å². The normalized spacial score (nSPS) is 12.9. The van der Waals surface area contributed by atoms with E-state index in [2.05, 4.69) is 34.2 Å². The fraction of sp³-hybridized carbons (Fsp3) is 0. The van der Waals surface area contributed by atoms with Crippen molar-refractivity contribution >= 4 is 43.4 Å². The number of fused-ring (bicyclic) bond motifs is 4. The summed E-state index contributed by atoms with van der Waals surface area (Å²) in [4.78, 5) is 8.69. The molecule has 2 aromatic carbocycles. The maximum atomic E-state index is 12.5. The average molecular weight is 429 g/mol. The molecule has 6 heteroatoms. The standard InChI is InChI=1S/C12H8N2.C6H6O2.FH.Sb/c1-3-9-5-6-10-4-2-8-14-12(10)11(9)13-7-1;7-5-3-1-2-4-6(5)8;;/h1-8H;1-4,7-8H;1H;/q;;;+3/p-3. The van der Waals surface area contributed by atoms with Crippen molar-refractivity contribution < 1.29 is 8.84 Å². The SMILES string of the molecule is [F][Sb]1[O]c2ccccc2[O]1.c1cnc2c(c1)ccc1cccnc12. The number of pyridine rings is 2. The zero-order chi connectivity index (χ0) is 16.4. The van der Waals surface area contributed by atoms with Crippen molar-refractivity contribution in [1.29, 1.82) is 0 Å². The van der Waals surface area contributed by atoms with Crippen LogP contribution in [0.4, 0.5) is 2.81 Å². The Hall–Kier alpha value is -2.39. The molecule has 0 amide bonds. The molecule has 0 aliphatic carbocycles. The number of rotatable bonds is 0. The van der Waals surface area contributed by atoms with Gasteiger partial charge >= 0.3 is 66.2 Å². The smallest absolute Gasteiger partial charge is 0.0964 e. The van der Waals surface area contributed by atoms with E-state index in [-0.39, 0.29) is 0 Å². The predicted octanol–water partition coefficient (Wildman–Crippen LogP) is 4.20. The van der Waals surface area contributed by atoms with E-state index < -0.39 is 21.6 Å². The Labute approximate surface area is 146 Å². The van der Waals surface area contributed by atoms with Gasteiger partial charge in [-0.15, -0.1) is 0 Å². The topological polar surface area (TPSA) is 44.2 Å². The summed E-state index contributed by atoms with van der Waals surface area (Å²) in [6.45, 7) is 0. The van der Waals surface area contributed by atoms with Crippen molar-refractivity contribution in [2.75, 3.05) is 0 Å². The summed E-state index contributed by atoms with van der Waals surface area (Å²) in [6, 6.07) is 19.1. The van der Waals surface area contributed by atoms with E-state index in [1.165, 1.54) is 0 Å². The molecule has 0 saturated heterocycles. The Morgan fingerprint density at radius 2 is 1.17 bits per heavy atom. The van der Waals surface area contributed by atoms with Gasteiger partial charge in [-0.25, -0.2) is 0 Å². The first-order chi connectivity index (χ1) is 11.8. The molecule has 0 radical (unpaired) electrons. The molecule has 4 aromatic rings. The van der Waals surface area contributed by atoms with Gasteiger partial charge in [-0.1, -0.05) is 24.3 Å². The third-order valence-electron chi connectivity index (χ3n) is 3.53. The molecule has 2 aromatic heterocycles. The third kappa shape index (κ3) is 3.00. The van der Waals surface area contributed by atoms with Crippen molar-refractivity contribution in [1.82, 2.24) is 9.97 Å². The van der Waals surface area contributed by atoms with Gasteiger partial charge in [-0.2, -0.15) is 0 Å². The maximum Gasteiger partial charge on any atom is 0.0964 e. The van der Waals surface area contributed by atoms with Gasteiger partial charge in [-0.05, 0) is 12.1 Å². The quantitative estimate of drug-likeness (QED) is 0.311. The third-order valence-corrected chi connectivity index (χ3v) is 5.48. The zero-order valence-corrected chi connectivity index (χ0v) is 15.0. The first-order valence-corrected chi connectivity index (χ1v) is 10.4. The van der Waals surface area contributed by atoms with Gasteiger partial charge in [0.15, 0.2) is 0 Å². The molecule has 0 atom stereocenters. The van der Waals surface area contributed by atoms with Gasteiger partial charge in [0, 0.05) is 23.2 Å². The molecule has 5 rings (SSSR count). The Kier molecular flexibility index (Phi) is 4.18. The fourth-order valence-corrected chi connectivity index (χ4v) is 4.30. The summed E-state index contributed by atoms with van der Waals surface area (Å²) >= 11 is -3.22. The first-order valence-electron chi connectivity index (χ1n) is 7.30. The summed E-state index contributed by atoms with van der Waals surface area (Å²) in [6.07, 6.45) is 3.60. The molecule has 0 spiro atoms. The van der Waals surface area contributed by atoms with E-state index >= 15 is 0 Å². The minimum Gasteiger partial charge on any atom is -0.254 e. The van der Waals surface area contributed by atoms with Crippen LogP contribution >= 0.6 is 0 Å². The van der Waals surface area contributed by atoms with Crippen molar-refractivity contribution in [3.8, 4) is 11.5 Å². The maximum absolute atomic E-state index is 12.5. The van der Waals surface area contributed by atoms with Crippen LogP contribution in [0.15, 0.2) is 73.1 Å². The monoisotopic (exact) mass is 428 g/mol. The molecule has 4 nitrogen and oxygen atoms in total. The van der Waals surface area contributed by atoms with E-state index in [1.54, 1.807) is 36.7 Å². The van der Waals surface area contributed by atoms with Crippen LogP contribution in [-0.2, 0) is 0 Å². The number of hydrogen-bond acceptors (Lipinski definition) is 4. The van der Waals surface area contributed by atoms with Crippen LogP contribution in [0, 0.1) is 0 Å². The van der Waals surface area contributed by atoms with Crippen LogP contribution in [0.2, 0.25) is 0 Å². The largest absolute Gasteiger partial charge is 0.254 e. The number of nitrogens with zero attached hydrogens (tertiary/aromatic N) is 2. The molecular weight excluding hydrogens is 417 g/mol. The summed E-state index contributed by atoms with van der Waals surface area (Å²) < 4.78 is 22.1. The van der Waals surface area contributed by atoms with E-state index in [9.17, 15) is 2.81 Å². The van der Waals surface area contributed by atoms with Gasteiger partial charge < -0.3 is 0 Å². The van der Waals surface area contributed by atoms with Gasteiger partial charge in [0.2, 0.25) is 0 Å². The first kappa shape index (κ1) is 15.2. The molecule has 0 saturated carbocycles. The number of para-hydroxylation sites is 2. The molecule has 3 heterocycles. The summed E-state index contributed by atoms with van der Waals surface area (Å²) in [5, 5.41) is 2.28. The van der Waals surface area contributed by atoms with E-state index in [1.807, 2.05) is 12.1 Å². The van der Waals surface area contributed by atoms with E-state index in [0.717, 1.165) is 21.8 Å². The van der Waals surface area contributed by atoms with Crippen molar-refractivity contribution in [3.63, 3.8) is 0 Å². The number of aromatic nitrogens is 2. The average Bonchev–Trinajstić information content (AvgIpc) is 3.02. The minimum atomic E-state index is -3.22. The molecule has 0 N–H and O–H groups in total. The summed E-state index contributed by atoms with van der Waals surface area (Å²) in [7, 11) is 0. The number of halogens is 1. The van der Waals surface area contributed by atoms with E-state index in [4.69, 9.17) is 6.03 Å². The van der Waals surface area contributed by atoms with Crippen LogP contribution in [0.5, 0.6) is 11.5 Å². The van der Waals surface area contributed by atoms with Crippen LogP contribution in [0.1, 0.15) is 0 Å². The molecule has 0 bridgehead atoms. The van der Waals surface area contributed by atoms with E-state index in [0.29, 0.717) is 11.5 Å². The Morgan fingerprint density at radius 1 is 0.667 bits per heavy atom. The van der Waals surface area contributed by atoms with Crippen molar-refractivity contribution in [2.45, 2.75) is 0 Å². The Bertz CT molecular complexity index is 932. The summed E-state index contributed by atoms with van der Waals surface area (Å²) in [5.41, 5.74) is 1.95. The minimum absolute atomic E-state index is 0.549. The van der Waals surface area contributed by atoms with Crippen molar-refractivity contribution in [3.05, 3.63) is 73.1 Å². The van der Waals surface area contributed by atoms with Crippen LogP contribution in [0.3, 0.4) is 0 Å². The summed E-state index contributed by atoms with van der Waals surface area (Å²) in [5.74, 6) is 1.10.